The van der Waals surface area contributed by atoms with Crippen molar-refractivity contribution in [2.24, 2.45) is 11.7 Å². The van der Waals surface area contributed by atoms with Crippen LogP contribution in [0, 0.1) is 5.92 Å². The Kier molecular flexibility index (Phi) is 9.01. The predicted molar refractivity (Wildman–Crippen MR) is 81.5 cm³/mol. The molecule has 1 rings (SSSR count). The molecule has 0 atom stereocenters. The number of nitrogens with one attached hydrogen (secondary N) is 1. The van der Waals surface area contributed by atoms with Crippen LogP contribution >= 0.6 is 0 Å². The molecule has 1 aliphatic heterocycles. The maximum absolute atomic E-state index is 12.0. The number of likely N-dealkylation sites (tertiary alicyclic amines) is 1. The molecule has 122 valence electrons. The van der Waals surface area contributed by atoms with Crippen molar-refractivity contribution in [1.82, 2.24) is 10.2 Å². The third kappa shape index (κ3) is 6.91. The highest BCUT2D eigenvalue weighted by Crippen LogP contribution is 2.18. The van der Waals surface area contributed by atoms with Crippen LogP contribution < -0.4 is 11.1 Å². The number of rotatable bonds is 9. The van der Waals surface area contributed by atoms with E-state index in [-0.39, 0.29) is 24.3 Å². The molecule has 0 spiro atoms. The number of nitrogens with zero attached hydrogens (tertiary/aromatic N) is 1. The topological polar surface area (TPSA) is 95.7 Å². The maximum Gasteiger partial charge on any atom is 0.223 e. The number of aliphatic hydroxyl groups is 1. The number of carbonyl (C=O) groups excluding carboxylic acids is 2. The smallest absolute Gasteiger partial charge is 0.223 e. The fourth-order valence-electron chi connectivity index (χ4n) is 2.58. The zero-order chi connectivity index (χ0) is 15.5. The van der Waals surface area contributed by atoms with Crippen molar-refractivity contribution in [3.63, 3.8) is 0 Å². The van der Waals surface area contributed by atoms with Crippen LogP contribution in [0.5, 0.6) is 0 Å². The van der Waals surface area contributed by atoms with Crippen LogP contribution in [0.2, 0.25) is 0 Å². The maximum atomic E-state index is 12.0. The van der Waals surface area contributed by atoms with E-state index in [1.807, 2.05) is 4.90 Å². The molecule has 1 heterocycles. The summed E-state index contributed by atoms with van der Waals surface area (Å²) in [5, 5.41) is 11.5. The second-order valence-electron chi connectivity index (χ2n) is 5.62. The summed E-state index contributed by atoms with van der Waals surface area (Å²) < 4.78 is 0. The molecule has 0 aliphatic carbocycles. The number of carbonyl (C=O) groups is 2. The Hall–Kier alpha value is -1.14. The summed E-state index contributed by atoms with van der Waals surface area (Å²) >= 11 is 0. The van der Waals surface area contributed by atoms with Crippen LogP contribution in [0.4, 0.5) is 0 Å². The number of nitrogens with two attached hydrogens (primary N) is 1. The SMILES string of the molecule is NCCCCCC(=O)N1CCC(C(=O)NCCCO)CC1. The van der Waals surface area contributed by atoms with Gasteiger partial charge in [-0.25, -0.2) is 0 Å². The molecule has 0 aromatic rings. The van der Waals surface area contributed by atoms with Crippen LogP contribution in [0.3, 0.4) is 0 Å². The molecule has 21 heavy (non-hydrogen) atoms. The quantitative estimate of drug-likeness (QED) is 0.532. The highest BCUT2D eigenvalue weighted by Gasteiger charge is 2.26. The second kappa shape index (κ2) is 10.6. The summed E-state index contributed by atoms with van der Waals surface area (Å²) in [6.07, 6.45) is 5.53. The first-order chi connectivity index (χ1) is 10.2. The Morgan fingerprint density at radius 3 is 2.48 bits per heavy atom. The van der Waals surface area contributed by atoms with Crippen molar-refractivity contribution in [1.29, 1.82) is 0 Å². The zero-order valence-electron chi connectivity index (χ0n) is 12.9. The van der Waals surface area contributed by atoms with E-state index >= 15 is 0 Å². The largest absolute Gasteiger partial charge is 0.396 e. The summed E-state index contributed by atoms with van der Waals surface area (Å²) in [5.41, 5.74) is 5.43. The number of aliphatic hydroxyl groups excluding tert-OH is 1. The van der Waals surface area contributed by atoms with E-state index in [9.17, 15) is 9.59 Å². The van der Waals surface area contributed by atoms with E-state index in [0.29, 0.717) is 39.0 Å². The Bertz CT molecular complexity index is 315. The first kappa shape index (κ1) is 17.9. The Morgan fingerprint density at radius 1 is 1.14 bits per heavy atom. The molecule has 2 amide bonds. The van der Waals surface area contributed by atoms with Gasteiger partial charge in [0.05, 0.1) is 0 Å². The van der Waals surface area contributed by atoms with Crippen molar-refractivity contribution in [2.75, 3.05) is 32.8 Å². The van der Waals surface area contributed by atoms with Gasteiger partial charge in [0, 0.05) is 38.6 Å². The van der Waals surface area contributed by atoms with Gasteiger partial charge in [-0.15, -0.1) is 0 Å². The molecule has 6 nitrogen and oxygen atoms in total. The van der Waals surface area contributed by atoms with Crippen molar-refractivity contribution < 1.29 is 14.7 Å². The molecule has 4 N–H and O–H groups in total. The molecule has 1 aliphatic rings. The van der Waals surface area contributed by atoms with Gasteiger partial charge in [0.15, 0.2) is 0 Å². The average Bonchev–Trinajstić information content (AvgIpc) is 2.51. The van der Waals surface area contributed by atoms with Gasteiger partial charge in [0.25, 0.3) is 0 Å². The number of unbranched alkanes of at least 4 members (excludes halogenated alkanes) is 2. The van der Waals surface area contributed by atoms with E-state index in [1.165, 1.54) is 0 Å². The monoisotopic (exact) mass is 299 g/mol. The molecular formula is C15H29N3O3. The van der Waals surface area contributed by atoms with E-state index in [2.05, 4.69) is 5.32 Å². The van der Waals surface area contributed by atoms with Gasteiger partial charge >= 0.3 is 0 Å². The van der Waals surface area contributed by atoms with Crippen molar-refractivity contribution >= 4 is 11.8 Å². The predicted octanol–water partition coefficient (Wildman–Crippen LogP) is 0.243. The van der Waals surface area contributed by atoms with Crippen LogP contribution in [-0.4, -0.2) is 54.6 Å². The summed E-state index contributed by atoms with van der Waals surface area (Å²) in [4.78, 5) is 25.8. The fourth-order valence-corrected chi connectivity index (χ4v) is 2.58. The second-order valence-corrected chi connectivity index (χ2v) is 5.62. The molecule has 6 heteroatoms. The Morgan fingerprint density at radius 2 is 1.86 bits per heavy atom. The summed E-state index contributed by atoms with van der Waals surface area (Å²) in [6, 6.07) is 0. The lowest BCUT2D eigenvalue weighted by atomic mass is 9.95. The molecule has 1 fully saturated rings. The van der Waals surface area contributed by atoms with Crippen LogP contribution in [0.15, 0.2) is 0 Å². The third-order valence-electron chi connectivity index (χ3n) is 3.95. The highest BCUT2D eigenvalue weighted by atomic mass is 16.3. The standard InChI is InChI=1S/C15H29N3O3/c16-8-3-1-2-5-14(20)18-10-6-13(7-11-18)15(21)17-9-4-12-19/h13,19H,1-12,16H2,(H,17,21). The molecule has 0 bridgehead atoms. The number of hydrogen-bond acceptors (Lipinski definition) is 4. The lowest BCUT2D eigenvalue weighted by Crippen LogP contribution is -2.43. The minimum absolute atomic E-state index is 0.00461. The van der Waals surface area contributed by atoms with E-state index < -0.39 is 0 Å². The third-order valence-corrected chi connectivity index (χ3v) is 3.95. The zero-order valence-corrected chi connectivity index (χ0v) is 12.9. The van der Waals surface area contributed by atoms with Gasteiger partial charge in [0.2, 0.25) is 11.8 Å². The van der Waals surface area contributed by atoms with Crippen molar-refractivity contribution in [3.8, 4) is 0 Å². The molecule has 0 aromatic heterocycles. The van der Waals surface area contributed by atoms with Crippen LogP contribution in [0.1, 0.15) is 44.9 Å². The average molecular weight is 299 g/mol. The first-order valence-corrected chi connectivity index (χ1v) is 8.05. The Labute approximate surface area is 127 Å². The lowest BCUT2D eigenvalue weighted by Gasteiger charge is -2.31. The fraction of sp³-hybridized carbons (Fsp3) is 0.867. The molecule has 1 saturated heterocycles. The minimum atomic E-state index is 0.00461. The van der Waals surface area contributed by atoms with Gasteiger partial charge in [0.1, 0.15) is 0 Å². The van der Waals surface area contributed by atoms with E-state index in [1.54, 1.807) is 0 Å². The van der Waals surface area contributed by atoms with Crippen LogP contribution in [0.25, 0.3) is 0 Å². The van der Waals surface area contributed by atoms with Crippen molar-refractivity contribution in [2.45, 2.75) is 44.9 Å². The van der Waals surface area contributed by atoms with Crippen molar-refractivity contribution in [3.05, 3.63) is 0 Å². The minimum Gasteiger partial charge on any atom is -0.396 e. The number of piperidine rings is 1. The van der Waals surface area contributed by atoms with Gasteiger partial charge < -0.3 is 21.1 Å². The molecular weight excluding hydrogens is 270 g/mol. The highest BCUT2D eigenvalue weighted by molar-refractivity contribution is 5.80. The van der Waals surface area contributed by atoms with Gasteiger partial charge in [-0.1, -0.05) is 6.42 Å². The summed E-state index contributed by atoms with van der Waals surface area (Å²) in [7, 11) is 0. The van der Waals surface area contributed by atoms with Crippen LogP contribution in [-0.2, 0) is 9.59 Å². The molecule has 0 radical (unpaired) electrons. The number of amides is 2. The molecule has 0 aromatic carbocycles. The lowest BCUT2D eigenvalue weighted by molar-refractivity contribution is -0.135. The van der Waals surface area contributed by atoms with Gasteiger partial charge in [-0.2, -0.15) is 0 Å². The summed E-state index contributed by atoms with van der Waals surface area (Å²) in [5.74, 6) is 0.259. The van der Waals surface area contributed by atoms with Gasteiger partial charge in [-0.05, 0) is 38.6 Å². The number of hydrogen-bond donors (Lipinski definition) is 3. The summed E-state index contributed by atoms with van der Waals surface area (Å²) in [6.45, 7) is 2.65. The molecule has 0 saturated carbocycles. The van der Waals surface area contributed by atoms with E-state index in [4.69, 9.17) is 10.8 Å². The first-order valence-electron chi connectivity index (χ1n) is 8.05. The molecule has 0 unspecified atom stereocenters. The van der Waals surface area contributed by atoms with E-state index in [0.717, 1.165) is 32.1 Å². The van der Waals surface area contributed by atoms with Gasteiger partial charge in [-0.3, -0.25) is 9.59 Å². The normalized spacial score (nSPS) is 16.0. The Balaban J connectivity index is 2.18.